The molecule has 100 valence electrons. The van der Waals surface area contributed by atoms with Crippen LogP contribution in [-0.4, -0.2) is 48.1 Å². The number of ether oxygens (including phenoxy) is 1. The highest BCUT2D eigenvalue weighted by Crippen LogP contribution is 2.25. The Labute approximate surface area is 106 Å². The van der Waals surface area contributed by atoms with E-state index in [0.717, 1.165) is 19.3 Å². The number of nitrogens with zero attached hydrogens (tertiary/aromatic N) is 1. The number of alkyl halides is 4. The van der Waals surface area contributed by atoms with Crippen LogP contribution in [0.3, 0.4) is 0 Å². The predicted octanol–water partition coefficient (Wildman–Crippen LogP) is 2.34. The second kappa shape index (κ2) is 6.58. The Kier molecular flexibility index (Phi) is 5.72. The molecule has 0 spiro atoms. The third-order valence-corrected chi connectivity index (χ3v) is 3.01. The maximum atomic E-state index is 11.8. The summed E-state index contributed by atoms with van der Waals surface area (Å²) in [6.45, 7) is -1.35. The van der Waals surface area contributed by atoms with Crippen molar-refractivity contribution in [3.63, 3.8) is 0 Å². The fraction of sp³-hybridized carbons (Fsp3) is 0.900. The van der Waals surface area contributed by atoms with Gasteiger partial charge in [0.1, 0.15) is 13.2 Å². The quantitative estimate of drug-likeness (QED) is 0.704. The molecule has 0 radical (unpaired) electrons. The minimum absolute atomic E-state index is 0.175. The van der Waals surface area contributed by atoms with Crippen LogP contribution in [0.15, 0.2) is 0 Å². The summed E-state index contributed by atoms with van der Waals surface area (Å²) in [5, 5.41) is 0.620. The summed E-state index contributed by atoms with van der Waals surface area (Å²) in [6, 6.07) is 0.175. The monoisotopic (exact) mass is 317 g/mol. The van der Waals surface area contributed by atoms with Gasteiger partial charge in [-0.25, -0.2) is 0 Å². The fourth-order valence-corrected chi connectivity index (χ4v) is 2.02. The van der Waals surface area contributed by atoms with Gasteiger partial charge in [-0.1, -0.05) is 15.9 Å². The van der Waals surface area contributed by atoms with Gasteiger partial charge in [-0.3, -0.25) is 4.79 Å². The van der Waals surface area contributed by atoms with E-state index in [4.69, 9.17) is 0 Å². The van der Waals surface area contributed by atoms with Gasteiger partial charge in [-0.05, 0) is 19.3 Å². The average Bonchev–Trinajstić information content (AvgIpc) is 2.12. The van der Waals surface area contributed by atoms with Crippen molar-refractivity contribution in [1.29, 1.82) is 0 Å². The first kappa shape index (κ1) is 14.8. The van der Waals surface area contributed by atoms with Crippen LogP contribution >= 0.6 is 15.9 Å². The third-order valence-electron chi connectivity index (χ3n) is 2.65. The van der Waals surface area contributed by atoms with Gasteiger partial charge in [0, 0.05) is 17.9 Å². The smallest absolute Gasteiger partial charge is 0.362 e. The third kappa shape index (κ3) is 5.25. The van der Waals surface area contributed by atoms with Crippen LogP contribution in [0.2, 0.25) is 0 Å². The van der Waals surface area contributed by atoms with E-state index in [1.807, 2.05) is 0 Å². The molecule has 7 heteroatoms. The lowest BCUT2D eigenvalue weighted by atomic mass is 9.91. The highest BCUT2D eigenvalue weighted by molar-refractivity contribution is 9.09. The maximum Gasteiger partial charge on any atom is 0.411 e. The van der Waals surface area contributed by atoms with E-state index in [9.17, 15) is 18.0 Å². The summed E-state index contributed by atoms with van der Waals surface area (Å²) in [7, 11) is 0. The van der Waals surface area contributed by atoms with Gasteiger partial charge in [0.25, 0.3) is 0 Å². The van der Waals surface area contributed by atoms with E-state index in [1.165, 1.54) is 0 Å². The van der Waals surface area contributed by atoms with E-state index >= 15 is 0 Å². The van der Waals surface area contributed by atoms with Gasteiger partial charge >= 0.3 is 6.18 Å². The number of halogens is 4. The van der Waals surface area contributed by atoms with E-state index in [2.05, 4.69) is 20.7 Å². The molecule has 0 aliphatic heterocycles. The molecule has 0 bridgehead atoms. The Balaban J connectivity index is 2.32. The van der Waals surface area contributed by atoms with Crippen molar-refractivity contribution in [3.8, 4) is 0 Å². The minimum Gasteiger partial charge on any atom is -0.362 e. The van der Waals surface area contributed by atoms with Crippen LogP contribution in [0, 0.1) is 0 Å². The molecule has 1 rings (SSSR count). The Morgan fingerprint density at radius 1 is 1.41 bits per heavy atom. The van der Waals surface area contributed by atoms with E-state index in [0.29, 0.717) is 11.9 Å². The molecule has 0 aromatic heterocycles. The summed E-state index contributed by atoms with van der Waals surface area (Å²) >= 11 is 3.23. The normalized spacial score (nSPS) is 16.7. The average molecular weight is 318 g/mol. The molecule has 0 N–H and O–H groups in total. The Hall–Kier alpha value is -0.300. The first-order chi connectivity index (χ1) is 7.94. The Bertz CT molecular complexity index is 256. The van der Waals surface area contributed by atoms with Crippen LogP contribution in [0.25, 0.3) is 0 Å². The minimum atomic E-state index is -4.38. The first-order valence-electron chi connectivity index (χ1n) is 5.44. The van der Waals surface area contributed by atoms with Gasteiger partial charge < -0.3 is 9.64 Å². The summed E-state index contributed by atoms with van der Waals surface area (Å²) < 4.78 is 39.9. The number of hydrogen-bond donors (Lipinski definition) is 0. The zero-order chi connectivity index (χ0) is 12.9. The van der Waals surface area contributed by atoms with Gasteiger partial charge in [-0.2, -0.15) is 13.2 Å². The largest absolute Gasteiger partial charge is 0.411 e. The van der Waals surface area contributed by atoms with Crippen molar-refractivity contribution in [2.45, 2.75) is 31.5 Å². The molecule has 1 amide bonds. The van der Waals surface area contributed by atoms with Gasteiger partial charge in [0.2, 0.25) is 5.91 Å². The van der Waals surface area contributed by atoms with Crippen molar-refractivity contribution in [1.82, 2.24) is 4.90 Å². The summed E-state index contributed by atoms with van der Waals surface area (Å²) in [5.74, 6) is -0.363. The van der Waals surface area contributed by atoms with Gasteiger partial charge in [0.15, 0.2) is 0 Å². The summed E-state index contributed by atoms with van der Waals surface area (Å²) in [5.41, 5.74) is 0. The fourth-order valence-electron chi connectivity index (χ4n) is 1.64. The lowest BCUT2D eigenvalue weighted by molar-refractivity contribution is -0.178. The molecule has 1 saturated carbocycles. The molecular formula is C10H15BrF3NO2. The van der Waals surface area contributed by atoms with Crippen LogP contribution < -0.4 is 0 Å². The van der Waals surface area contributed by atoms with Gasteiger partial charge in [-0.15, -0.1) is 0 Å². The zero-order valence-corrected chi connectivity index (χ0v) is 10.9. The van der Waals surface area contributed by atoms with Crippen molar-refractivity contribution in [2.24, 2.45) is 0 Å². The van der Waals surface area contributed by atoms with Crippen LogP contribution in [0.5, 0.6) is 0 Å². The topological polar surface area (TPSA) is 29.5 Å². The maximum absolute atomic E-state index is 11.8. The lowest BCUT2D eigenvalue weighted by Gasteiger charge is -2.37. The standard InChI is InChI=1S/C10H15BrF3NO2/c11-4-5-15(8-2-1-3-8)9(16)6-17-7-10(12,13)14/h8H,1-7H2. The number of amides is 1. The molecule has 3 nitrogen and oxygen atoms in total. The Morgan fingerprint density at radius 3 is 2.47 bits per heavy atom. The highest BCUT2D eigenvalue weighted by atomic mass is 79.9. The molecule has 0 unspecified atom stereocenters. The first-order valence-corrected chi connectivity index (χ1v) is 6.56. The Morgan fingerprint density at radius 2 is 2.06 bits per heavy atom. The zero-order valence-electron chi connectivity index (χ0n) is 9.30. The molecule has 1 aliphatic carbocycles. The van der Waals surface area contributed by atoms with Crippen LogP contribution in [-0.2, 0) is 9.53 Å². The van der Waals surface area contributed by atoms with Gasteiger partial charge in [0.05, 0.1) is 0 Å². The SMILES string of the molecule is O=C(COCC(F)(F)F)N(CCBr)C1CCC1. The van der Waals surface area contributed by atoms with E-state index < -0.39 is 19.4 Å². The van der Waals surface area contributed by atoms with E-state index in [-0.39, 0.29) is 11.9 Å². The predicted molar refractivity (Wildman–Crippen MR) is 60.0 cm³/mol. The number of rotatable bonds is 6. The van der Waals surface area contributed by atoms with Crippen molar-refractivity contribution in [3.05, 3.63) is 0 Å². The van der Waals surface area contributed by atoms with Crippen molar-refractivity contribution >= 4 is 21.8 Å². The van der Waals surface area contributed by atoms with Crippen molar-refractivity contribution < 1.29 is 22.7 Å². The molecule has 17 heavy (non-hydrogen) atoms. The number of carbonyl (C=O) groups is 1. The molecule has 0 atom stereocenters. The second-order valence-corrected chi connectivity index (χ2v) is 4.76. The lowest BCUT2D eigenvalue weighted by Crippen LogP contribution is -2.46. The molecule has 0 aromatic carbocycles. The van der Waals surface area contributed by atoms with Crippen LogP contribution in [0.1, 0.15) is 19.3 Å². The molecular weight excluding hydrogens is 303 g/mol. The highest BCUT2D eigenvalue weighted by Gasteiger charge is 2.30. The molecule has 0 saturated heterocycles. The molecule has 0 aromatic rings. The number of carbonyl (C=O) groups excluding carboxylic acids is 1. The molecule has 0 heterocycles. The van der Waals surface area contributed by atoms with Crippen molar-refractivity contribution in [2.75, 3.05) is 25.1 Å². The molecule has 1 aliphatic rings. The summed E-state index contributed by atoms with van der Waals surface area (Å²) in [6.07, 6.45) is -1.45. The van der Waals surface area contributed by atoms with Crippen LogP contribution in [0.4, 0.5) is 13.2 Å². The van der Waals surface area contributed by atoms with E-state index in [1.54, 1.807) is 4.90 Å². The summed E-state index contributed by atoms with van der Waals surface area (Å²) in [4.78, 5) is 13.3. The molecule has 1 fully saturated rings. The number of hydrogen-bond acceptors (Lipinski definition) is 2. The second-order valence-electron chi connectivity index (χ2n) is 3.97.